The standard InChI is InChI=1S/C26H25Br2NO2/c1-26(2,3)31-25(30)23(16-18-14-21(27)17-22(28)15-18)29-24(19-10-6-4-7-11-19)20-12-8-5-9-13-20/h4-15,17,23H,16H2,1-3H3. The van der Waals surface area contributed by atoms with Gasteiger partial charge in [-0.15, -0.1) is 0 Å². The number of carbonyl (C=O) groups excluding carboxylic acids is 1. The molecule has 0 aliphatic rings. The Hall–Kier alpha value is -2.24. The Balaban J connectivity index is 2.08. The van der Waals surface area contributed by atoms with Gasteiger partial charge >= 0.3 is 5.97 Å². The predicted molar refractivity (Wildman–Crippen MR) is 134 cm³/mol. The maximum atomic E-state index is 13.2. The minimum Gasteiger partial charge on any atom is -0.458 e. The Morgan fingerprint density at radius 3 is 1.81 bits per heavy atom. The van der Waals surface area contributed by atoms with Crippen molar-refractivity contribution in [3.63, 3.8) is 0 Å². The molecule has 0 saturated carbocycles. The second-order valence-corrected chi connectivity index (χ2v) is 10.1. The lowest BCUT2D eigenvalue weighted by atomic mass is 10.0. The average Bonchev–Trinajstić information content (AvgIpc) is 2.70. The highest BCUT2D eigenvalue weighted by molar-refractivity contribution is 9.11. The van der Waals surface area contributed by atoms with Gasteiger partial charge in [-0.05, 0) is 44.5 Å². The van der Waals surface area contributed by atoms with Crippen LogP contribution >= 0.6 is 31.9 Å². The van der Waals surface area contributed by atoms with Gasteiger partial charge in [0.15, 0.2) is 6.04 Å². The van der Waals surface area contributed by atoms with Crippen LogP contribution in [0.5, 0.6) is 0 Å². The van der Waals surface area contributed by atoms with Gasteiger partial charge in [-0.3, -0.25) is 4.99 Å². The van der Waals surface area contributed by atoms with Crippen LogP contribution in [0, 0.1) is 0 Å². The predicted octanol–water partition coefficient (Wildman–Crippen LogP) is 7.00. The lowest BCUT2D eigenvalue weighted by Crippen LogP contribution is -2.33. The molecule has 0 saturated heterocycles. The van der Waals surface area contributed by atoms with Gasteiger partial charge in [-0.2, -0.15) is 0 Å². The summed E-state index contributed by atoms with van der Waals surface area (Å²) in [6.45, 7) is 5.62. The van der Waals surface area contributed by atoms with Crippen LogP contribution in [0.15, 0.2) is 92.8 Å². The lowest BCUT2D eigenvalue weighted by molar-refractivity contribution is -0.156. The zero-order valence-corrected chi connectivity index (χ0v) is 21.0. The highest BCUT2D eigenvalue weighted by Gasteiger charge is 2.26. The van der Waals surface area contributed by atoms with E-state index in [1.54, 1.807) is 0 Å². The first-order chi connectivity index (χ1) is 14.7. The molecule has 0 radical (unpaired) electrons. The van der Waals surface area contributed by atoms with Crippen molar-refractivity contribution in [3.8, 4) is 0 Å². The first kappa shape index (κ1) is 23.4. The maximum Gasteiger partial charge on any atom is 0.331 e. The minimum absolute atomic E-state index is 0.340. The number of hydrogen-bond acceptors (Lipinski definition) is 3. The van der Waals surface area contributed by atoms with E-state index in [1.165, 1.54) is 0 Å². The summed E-state index contributed by atoms with van der Waals surface area (Å²) < 4.78 is 7.62. The Morgan fingerprint density at radius 2 is 1.35 bits per heavy atom. The average molecular weight is 543 g/mol. The van der Waals surface area contributed by atoms with E-state index in [-0.39, 0.29) is 5.97 Å². The largest absolute Gasteiger partial charge is 0.458 e. The number of benzene rings is 3. The lowest BCUT2D eigenvalue weighted by Gasteiger charge is -2.23. The molecule has 0 spiro atoms. The molecule has 1 atom stereocenters. The van der Waals surface area contributed by atoms with E-state index >= 15 is 0 Å². The van der Waals surface area contributed by atoms with Crippen molar-refractivity contribution in [2.45, 2.75) is 38.8 Å². The Labute approximate surface area is 200 Å². The number of rotatable bonds is 6. The zero-order valence-electron chi connectivity index (χ0n) is 17.8. The molecule has 0 bridgehead atoms. The van der Waals surface area contributed by atoms with Crippen molar-refractivity contribution in [1.29, 1.82) is 0 Å². The fourth-order valence-electron chi connectivity index (χ4n) is 3.17. The van der Waals surface area contributed by atoms with Crippen LogP contribution in [0.4, 0.5) is 0 Å². The van der Waals surface area contributed by atoms with Crippen LogP contribution in [-0.4, -0.2) is 23.3 Å². The molecule has 0 N–H and O–H groups in total. The van der Waals surface area contributed by atoms with Crippen LogP contribution in [-0.2, 0) is 16.0 Å². The first-order valence-corrected chi connectivity index (χ1v) is 11.7. The van der Waals surface area contributed by atoms with Gasteiger partial charge in [0.2, 0.25) is 0 Å². The van der Waals surface area contributed by atoms with Gasteiger partial charge in [-0.1, -0.05) is 92.5 Å². The summed E-state index contributed by atoms with van der Waals surface area (Å²) >= 11 is 7.06. The summed E-state index contributed by atoms with van der Waals surface area (Å²) in [5, 5.41) is 0. The number of nitrogens with zero attached hydrogens (tertiary/aromatic N) is 1. The molecule has 3 rings (SSSR count). The highest BCUT2D eigenvalue weighted by Crippen LogP contribution is 2.23. The molecule has 31 heavy (non-hydrogen) atoms. The molecule has 5 heteroatoms. The number of hydrogen-bond donors (Lipinski definition) is 0. The van der Waals surface area contributed by atoms with E-state index in [9.17, 15) is 4.79 Å². The smallest absolute Gasteiger partial charge is 0.331 e. The van der Waals surface area contributed by atoms with Gasteiger partial charge in [0.25, 0.3) is 0 Å². The number of ether oxygens (including phenoxy) is 1. The highest BCUT2D eigenvalue weighted by atomic mass is 79.9. The fraction of sp³-hybridized carbons (Fsp3) is 0.231. The molecular formula is C26H25Br2NO2. The maximum absolute atomic E-state index is 13.2. The fourth-order valence-corrected chi connectivity index (χ4v) is 4.56. The molecule has 1 unspecified atom stereocenters. The number of carbonyl (C=O) groups is 1. The Kier molecular flexibility index (Phi) is 7.84. The van der Waals surface area contributed by atoms with E-state index < -0.39 is 11.6 Å². The van der Waals surface area contributed by atoms with Crippen molar-refractivity contribution >= 4 is 43.5 Å². The van der Waals surface area contributed by atoms with Crippen molar-refractivity contribution < 1.29 is 9.53 Å². The van der Waals surface area contributed by atoms with Crippen LogP contribution in [0.2, 0.25) is 0 Å². The zero-order chi connectivity index (χ0) is 22.4. The first-order valence-electron chi connectivity index (χ1n) is 10.1. The number of halogens is 2. The summed E-state index contributed by atoms with van der Waals surface area (Å²) in [5.74, 6) is -0.340. The second-order valence-electron chi connectivity index (χ2n) is 8.24. The molecule has 0 aliphatic carbocycles. The van der Waals surface area contributed by atoms with Gasteiger partial charge in [0.05, 0.1) is 5.71 Å². The van der Waals surface area contributed by atoms with Crippen LogP contribution < -0.4 is 0 Å². The molecule has 160 valence electrons. The summed E-state index contributed by atoms with van der Waals surface area (Å²) in [6.07, 6.45) is 0.427. The summed E-state index contributed by atoms with van der Waals surface area (Å²) in [6, 6.07) is 25.2. The monoisotopic (exact) mass is 541 g/mol. The molecule has 0 aliphatic heterocycles. The van der Waals surface area contributed by atoms with Crippen LogP contribution in [0.1, 0.15) is 37.5 Å². The molecule has 3 aromatic rings. The van der Waals surface area contributed by atoms with Gasteiger partial charge in [-0.25, -0.2) is 4.79 Å². The van der Waals surface area contributed by atoms with Crippen LogP contribution in [0.25, 0.3) is 0 Å². The van der Waals surface area contributed by atoms with Gasteiger partial charge < -0.3 is 4.74 Å². The SMILES string of the molecule is CC(C)(C)OC(=O)C(Cc1cc(Br)cc(Br)c1)N=C(c1ccccc1)c1ccccc1. The third-order valence-electron chi connectivity index (χ3n) is 4.41. The Morgan fingerprint density at radius 1 is 0.871 bits per heavy atom. The molecule has 3 aromatic carbocycles. The van der Waals surface area contributed by atoms with Crippen LogP contribution in [0.3, 0.4) is 0 Å². The van der Waals surface area contributed by atoms with Gasteiger partial charge in [0.1, 0.15) is 5.60 Å². The normalized spacial score (nSPS) is 12.2. The van der Waals surface area contributed by atoms with Gasteiger partial charge in [0, 0.05) is 26.5 Å². The van der Waals surface area contributed by atoms with Crippen molar-refractivity contribution in [3.05, 3.63) is 104 Å². The minimum atomic E-state index is -0.684. The summed E-state index contributed by atoms with van der Waals surface area (Å²) in [4.78, 5) is 18.1. The summed E-state index contributed by atoms with van der Waals surface area (Å²) in [5.41, 5.74) is 3.07. The molecule has 0 heterocycles. The third kappa shape index (κ3) is 7.15. The number of esters is 1. The summed E-state index contributed by atoms with van der Waals surface area (Å²) in [7, 11) is 0. The Bertz CT molecular complexity index is 996. The quantitative estimate of drug-likeness (QED) is 0.248. The van der Waals surface area contributed by atoms with E-state index in [2.05, 4.69) is 31.9 Å². The van der Waals surface area contributed by atoms with Crippen molar-refractivity contribution in [2.75, 3.05) is 0 Å². The molecule has 0 fully saturated rings. The number of aliphatic imine (C=N–C) groups is 1. The molecule has 0 amide bonds. The van der Waals surface area contributed by atoms with E-state index in [0.717, 1.165) is 31.3 Å². The molecular weight excluding hydrogens is 518 g/mol. The topological polar surface area (TPSA) is 38.7 Å². The van der Waals surface area contributed by atoms with E-state index in [1.807, 2.05) is 99.6 Å². The molecule has 0 aromatic heterocycles. The second kappa shape index (κ2) is 10.4. The van der Waals surface area contributed by atoms with Crippen molar-refractivity contribution in [2.24, 2.45) is 4.99 Å². The van der Waals surface area contributed by atoms with E-state index in [0.29, 0.717) is 6.42 Å². The third-order valence-corrected chi connectivity index (χ3v) is 5.33. The van der Waals surface area contributed by atoms with E-state index in [4.69, 9.17) is 9.73 Å². The van der Waals surface area contributed by atoms with Crippen molar-refractivity contribution in [1.82, 2.24) is 0 Å². The molecule has 3 nitrogen and oxygen atoms in total.